The molecule has 0 spiro atoms. The molecule has 41 valence electrons. The molecule has 0 aromatic rings. The smallest absolute Gasteiger partial charge is 0.148 e. The van der Waals surface area contributed by atoms with Gasteiger partial charge < -0.3 is 0 Å². The summed E-state index contributed by atoms with van der Waals surface area (Å²) < 4.78 is 0. The minimum Gasteiger partial charge on any atom is -0.298 e. The molecule has 0 atom stereocenters. The summed E-state index contributed by atoms with van der Waals surface area (Å²) in [4.78, 5) is 10.2. The standard InChI is InChI=1S/C5H10NO/c1-2-3-5(7)4-6/h6H,2-4H2,1H3. The number of nitrogens with one attached hydrogen (secondary N) is 1. The predicted molar refractivity (Wildman–Crippen MR) is 27.9 cm³/mol. The molecule has 1 N–H and O–H groups in total. The van der Waals surface area contributed by atoms with Crippen molar-refractivity contribution in [1.82, 2.24) is 5.73 Å². The van der Waals surface area contributed by atoms with Crippen molar-refractivity contribution in [1.29, 1.82) is 0 Å². The van der Waals surface area contributed by atoms with Crippen LogP contribution in [0.2, 0.25) is 0 Å². The molecule has 0 saturated carbocycles. The summed E-state index contributed by atoms with van der Waals surface area (Å²) in [5.41, 5.74) is 6.56. The maximum atomic E-state index is 10.2. The fourth-order valence-corrected chi connectivity index (χ4v) is 0.367. The Bertz CT molecular complexity index is 61.1. The summed E-state index contributed by atoms with van der Waals surface area (Å²) in [6.45, 7) is 1.89. The van der Waals surface area contributed by atoms with E-state index in [1.807, 2.05) is 6.92 Å². The number of hydrogen-bond acceptors (Lipinski definition) is 1. The molecule has 0 aliphatic heterocycles. The Morgan fingerprint density at radius 2 is 2.29 bits per heavy atom. The third-order valence-corrected chi connectivity index (χ3v) is 0.726. The van der Waals surface area contributed by atoms with Crippen LogP contribution in [0.1, 0.15) is 19.8 Å². The lowest BCUT2D eigenvalue weighted by Gasteiger charge is -1.86. The number of carbonyl (C=O) groups excluding carboxylic acids is 1. The molecule has 0 bridgehead atoms. The first kappa shape index (κ1) is 6.63. The van der Waals surface area contributed by atoms with Crippen molar-refractivity contribution in [3.8, 4) is 0 Å². The normalized spacial score (nSPS) is 8.86. The van der Waals surface area contributed by atoms with E-state index in [9.17, 15) is 4.79 Å². The van der Waals surface area contributed by atoms with Crippen LogP contribution in [0.4, 0.5) is 0 Å². The second-order valence-electron chi connectivity index (χ2n) is 1.47. The molecule has 0 saturated heterocycles. The van der Waals surface area contributed by atoms with Gasteiger partial charge in [0.25, 0.3) is 0 Å². The fraction of sp³-hybridized carbons (Fsp3) is 0.800. The van der Waals surface area contributed by atoms with E-state index in [4.69, 9.17) is 5.73 Å². The third-order valence-electron chi connectivity index (χ3n) is 0.726. The van der Waals surface area contributed by atoms with E-state index >= 15 is 0 Å². The summed E-state index contributed by atoms with van der Waals surface area (Å²) in [6.07, 6.45) is 1.45. The zero-order valence-corrected chi connectivity index (χ0v) is 4.53. The van der Waals surface area contributed by atoms with Gasteiger partial charge in [-0.1, -0.05) is 6.92 Å². The molecule has 1 radical (unpaired) electrons. The number of carbonyl (C=O) groups is 1. The Morgan fingerprint density at radius 1 is 1.71 bits per heavy atom. The summed E-state index contributed by atoms with van der Waals surface area (Å²) in [6, 6.07) is 0. The van der Waals surface area contributed by atoms with Gasteiger partial charge in [0.05, 0.1) is 6.54 Å². The lowest BCUT2D eigenvalue weighted by Crippen LogP contribution is -2.03. The van der Waals surface area contributed by atoms with Crippen molar-refractivity contribution in [3.63, 3.8) is 0 Å². The number of Topliss-reactive ketones (excluding diaryl/α,β-unsaturated/α-hetero) is 1. The van der Waals surface area contributed by atoms with E-state index in [1.165, 1.54) is 0 Å². The van der Waals surface area contributed by atoms with Gasteiger partial charge >= 0.3 is 0 Å². The van der Waals surface area contributed by atoms with Crippen molar-refractivity contribution in [3.05, 3.63) is 0 Å². The molecule has 2 nitrogen and oxygen atoms in total. The van der Waals surface area contributed by atoms with Gasteiger partial charge in [0.2, 0.25) is 0 Å². The molecule has 7 heavy (non-hydrogen) atoms. The molecule has 0 aliphatic carbocycles. The van der Waals surface area contributed by atoms with E-state index in [0.29, 0.717) is 6.42 Å². The van der Waals surface area contributed by atoms with Gasteiger partial charge in [-0.25, -0.2) is 0 Å². The average Bonchev–Trinajstić information content (AvgIpc) is 1.68. The lowest BCUT2D eigenvalue weighted by molar-refractivity contribution is -0.117. The molecule has 0 aromatic carbocycles. The van der Waals surface area contributed by atoms with Crippen LogP contribution in [0.25, 0.3) is 0 Å². The Labute approximate surface area is 43.7 Å². The van der Waals surface area contributed by atoms with E-state index in [1.54, 1.807) is 0 Å². The second-order valence-corrected chi connectivity index (χ2v) is 1.47. The average molecular weight is 100 g/mol. The zero-order valence-electron chi connectivity index (χ0n) is 4.53. The molecule has 0 amide bonds. The van der Waals surface area contributed by atoms with Crippen molar-refractivity contribution >= 4 is 5.78 Å². The van der Waals surface area contributed by atoms with Crippen molar-refractivity contribution in [2.24, 2.45) is 0 Å². The molecule has 2 heteroatoms. The second kappa shape index (κ2) is 3.81. The van der Waals surface area contributed by atoms with E-state index in [2.05, 4.69) is 0 Å². The summed E-state index contributed by atoms with van der Waals surface area (Å²) in [5.74, 6) is 0.0440. The molecular weight excluding hydrogens is 90.1 g/mol. The SMILES string of the molecule is CCCC(=O)C[NH]. The quantitative estimate of drug-likeness (QED) is 0.513. The Kier molecular flexibility index (Phi) is 3.61. The lowest BCUT2D eigenvalue weighted by atomic mass is 10.2. The number of rotatable bonds is 3. The molecule has 0 aromatic heterocycles. The molecule has 0 fully saturated rings. The van der Waals surface area contributed by atoms with E-state index in [-0.39, 0.29) is 12.3 Å². The Hall–Kier alpha value is -0.370. The van der Waals surface area contributed by atoms with Gasteiger partial charge in [-0.3, -0.25) is 10.5 Å². The summed E-state index contributed by atoms with van der Waals surface area (Å²) in [5, 5.41) is 0. The van der Waals surface area contributed by atoms with Crippen LogP contribution in [0.3, 0.4) is 0 Å². The van der Waals surface area contributed by atoms with Crippen molar-refractivity contribution in [2.45, 2.75) is 19.8 Å². The van der Waals surface area contributed by atoms with Crippen molar-refractivity contribution in [2.75, 3.05) is 6.54 Å². The highest BCUT2D eigenvalue weighted by molar-refractivity contribution is 5.79. The summed E-state index contributed by atoms with van der Waals surface area (Å²) in [7, 11) is 0. The van der Waals surface area contributed by atoms with Crippen molar-refractivity contribution < 1.29 is 4.79 Å². The maximum Gasteiger partial charge on any atom is 0.148 e. The minimum absolute atomic E-state index is 0.0440. The van der Waals surface area contributed by atoms with Crippen LogP contribution in [0, 0.1) is 0 Å². The van der Waals surface area contributed by atoms with Gasteiger partial charge in [0.15, 0.2) is 0 Å². The van der Waals surface area contributed by atoms with Crippen LogP contribution >= 0.6 is 0 Å². The van der Waals surface area contributed by atoms with Crippen LogP contribution < -0.4 is 5.73 Å². The monoisotopic (exact) mass is 100 g/mol. The zero-order chi connectivity index (χ0) is 5.70. The third kappa shape index (κ3) is 3.46. The van der Waals surface area contributed by atoms with Crippen LogP contribution in [0.5, 0.6) is 0 Å². The molecular formula is C5H10NO. The Balaban J connectivity index is 3.00. The maximum absolute atomic E-state index is 10.2. The first-order valence-electron chi connectivity index (χ1n) is 2.47. The highest BCUT2D eigenvalue weighted by Gasteiger charge is 1.92. The number of hydrogen-bond donors (Lipinski definition) is 0. The van der Waals surface area contributed by atoms with Gasteiger partial charge in [-0.15, -0.1) is 0 Å². The van der Waals surface area contributed by atoms with Gasteiger partial charge in [-0.05, 0) is 6.42 Å². The molecule has 0 heterocycles. The first-order valence-corrected chi connectivity index (χ1v) is 2.47. The van der Waals surface area contributed by atoms with Gasteiger partial charge in [0.1, 0.15) is 5.78 Å². The van der Waals surface area contributed by atoms with E-state index < -0.39 is 0 Å². The van der Waals surface area contributed by atoms with Crippen LogP contribution in [-0.2, 0) is 4.79 Å². The van der Waals surface area contributed by atoms with Gasteiger partial charge in [0, 0.05) is 6.42 Å². The summed E-state index contributed by atoms with van der Waals surface area (Å²) >= 11 is 0. The molecule has 0 rings (SSSR count). The molecule has 0 unspecified atom stereocenters. The molecule has 0 aliphatic rings. The highest BCUT2D eigenvalue weighted by atomic mass is 16.1. The largest absolute Gasteiger partial charge is 0.298 e. The first-order chi connectivity index (χ1) is 3.31. The topological polar surface area (TPSA) is 40.9 Å². The van der Waals surface area contributed by atoms with Gasteiger partial charge in [-0.2, -0.15) is 0 Å². The minimum atomic E-state index is -0.0478. The highest BCUT2D eigenvalue weighted by Crippen LogP contribution is 1.85. The van der Waals surface area contributed by atoms with Crippen LogP contribution in [0.15, 0.2) is 0 Å². The van der Waals surface area contributed by atoms with Crippen LogP contribution in [-0.4, -0.2) is 12.3 Å². The fourth-order valence-electron chi connectivity index (χ4n) is 0.367. The number of ketones is 1. The van der Waals surface area contributed by atoms with E-state index in [0.717, 1.165) is 6.42 Å². The Morgan fingerprint density at radius 3 is 2.43 bits per heavy atom. The predicted octanol–water partition coefficient (Wildman–Crippen LogP) is 0.639.